The monoisotopic (exact) mass is 429 g/mol. The van der Waals surface area contributed by atoms with Gasteiger partial charge in [-0.1, -0.05) is 25.3 Å². The molecule has 0 radical (unpaired) electrons. The van der Waals surface area contributed by atoms with E-state index in [1.807, 2.05) is 12.1 Å². The van der Waals surface area contributed by atoms with E-state index in [0.717, 1.165) is 43.5 Å². The molecule has 2 aliphatic rings. The minimum Gasteiger partial charge on any atom is -0.348 e. The van der Waals surface area contributed by atoms with Crippen molar-refractivity contribution < 1.29 is 14.4 Å². The van der Waals surface area contributed by atoms with E-state index in [1.54, 1.807) is 41.6 Å². The maximum absolute atomic E-state index is 12.9. The van der Waals surface area contributed by atoms with E-state index >= 15 is 0 Å². The number of nitrogens with one attached hydrogen (secondary N) is 1. The first-order valence-electron chi connectivity index (χ1n) is 10.9. The van der Waals surface area contributed by atoms with Crippen LogP contribution in [-0.4, -0.2) is 43.2 Å². The van der Waals surface area contributed by atoms with Crippen molar-refractivity contribution in [2.24, 2.45) is 0 Å². The van der Waals surface area contributed by atoms with Gasteiger partial charge in [0.05, 0.1) is 11.1 Å². The molecule has 2 aromatic heterocycles. The number of aromatic nitrogens is 3. The van der Waals surface area contributed by atoms with Crippen LogP contribution in [0, 0.1) is 0 Å². The van der Waals surface area contributed by atoms with Crippen molar-refractivity contribution in [1.29, 1.82) is 0 Å². The summed E-state index contributed by atoms with van der Waals surface area (Å²) in [5.74, 6) is -0.0940. The Morgan fingerprint density at radius 3 is 2.56 bits per heavy atom. The average Bonchev–Trinajstić information content (AvgIpc) is 3.45. The number of nitrogens with zero attached hydrogens (tertiary/aromatic N) is 4. The molecule has 1 N–H and O–H groups in total. The number of pyridine rings is 1. The maximum Gasteiger partial charge on any atom is 0.261 e. The number of hydrogen-bond donors (Lipinski definition) is 1. The first-order valence-corrected chi connectivity index (χ1v) is 10.9. The lowest BCUT2D eigenvalue weighted by atomic mass is 9.94. The molecule has 5 rings (SSSR count). The quantitative estimate of drug-likeness (QED) is 0.629. The van der Waals surface area contributed by atoms with Gasteiger partial charge in [-0.15, -0.1) is 0 Å². The van der Waals surface area contributed by atoms with Gasteiger partial charge in [0.1, 0.15) is 12.1 Å². The predicted molar refractivity (Wildman–Crippen MR) is 116 cm³/mol. The van der Waals surface area contributed by atoms with Gasteiger partial charge < -0.3 is 5.32 Å². The van der Waals surface area contributed by atoms with Crippen LogP contribution in [-0.2, 0) is 6.54 Å². The van der Waals surface area contributed by atoms with Gasteiger partial charge in [-0.05, 0) is 42.7 Å². The Balaban J connectivity index is 1.26. The third-order valence-corrected chi connectivity index (χ3v) is 6.15. The number of amides is 3. The molecule has 32 heavy (non-hydrogen) atoms. The third kappa shape index (κ3) is 3.68. The molecule has 1 aliphatic heterocycles. The number of rotatable bonds is 5. The topological polar surface area (TPSA) is 97.2 Å². The van der Waals surface area contributed by atoms with Crippen LogP contribution in [0.15, 0.2) is 55.2 Å². The molecule has 1 aliphatic carbocycles. The molecule has 1 aromatic carbocycles. The van der Waals surface area contributed by atoms with Crippen LogP contribution in [0.1, 0.15) is 68.7 Å². The Morgan fingerprint density at radius 2 is 1.84 bits per heavy atom. The standard InChI is InChI=1S/C24H23N5O3/c30-22(27-14-16-6-9-21(26-13-16)28-11-10-25-15-28)17-7-8-19-20(12-17)24(32)29(23(19)31)18-4-2-1-3-5-18/h6-13,15,18H,1-5,14H2,(H,27,30). The lowest BCUT2D eigenvalue weighted by molar-refractivity contribution is 0.0548. The van der Waals surface area contributed by atoms with Gasteiger partial charge in [0.15, 0.2) is 0 Å². The van der Waals surface area contributed by atoms with Crippen LogP contribution in [0.4, 0.5) is 0 Å². The third-order valence-electron chi connectivity index (χ3n) is 6.15. The summed E-state index contributed by atoms with van der Waals surface area (Å²) < 4.78 is 1.79. The van der Waals surface area contributed by atoms with Crippen molar-refractivity contribution in [3.05, 3.63) is 77.5 Å². The van der Waals surface area contributed by atoms with E-state index in [0.29, 0.717) is 23.2 Å². The number of carbonyl (C=O) groups is 3. The number of imidazole rings is 1. The van der Waals surface area contributed by atoms with E-state index in [2.05, 4.69) is 15.3 Å². The van der Waals surface area contributed by atoms with E-state index in [4.69, 9.17) is 0 Å². The molecule has 1 saturated carbocycles. The molecule has 0 bridgehead atoms. The Kier molecular flexibility index (Phi) is 5.26. The molecule has 8 heteroatoms. The second-order valence-electron chi connectivity index (χ2n) is 8.21. The second kappa shape index (κ2) is 8.37. The highest BCUT2D eigenvalue weighted by Gasteiger charge is 2.40. The van der Waals surface area contributed by atoms with Crippen LogP contribution in [0.25, 0.3) is 5.82 Å². The lowest BCUT2D eigenvalue weighted by Crippen LogP contribution is -2.40. The minimum atomic E-state index is -0.303. The van der Waals surface area contributed by atoms with Crippen molar-refractivity contribution in [2.45, 2.75) is 44.7 Å². The van der Waals surface area contributed by atoms with Crippen LogP contribution in [0.3, 0.4) is 0 Å². The summed E-state index contributed by atoms with van der Waals surface area (Å²) in [5, 5.41) is 2.85. The van der Waals surface area contributed by atoms with E-state index in [1.165, 1.54) is 11.0 Å². The zero-order chi connectivity index (χ0) is 22.1. The largest absolute Gasteiger partial charge is 0.348 e. The number of benzene rings is 1. The molecule has 3 aromatic rings. The van der Waals surface area contributed by atoms with Gasteiger partial charge in [-0.25, -0.2) is 9.97 Å². The lowest BCUT2D eigenvalue weighted by Gasteiger charge is -2.29. The predicted octanol–water partition coefficient (Wildman–Crippen LogP) is 3.13. The zero-order valence-corrected chi connectivity index (χ0v) is 17.5. The summed E-state index contributed by atoms with van der Waals surface area (Å²) in [6, 6.07) is 8.43. The van der Waals surface area contributed by atoms with Crippen LogP contribution in [0.5, 0.6) is 0 Å². The fourth-order valence-electron chi connectivity index (χ4n) is 4.42. The molecular weight excluding hydrogens is 406 g/mol. The van der Waals surface area contributed by atoms with Crippen LogP contribution >= 0.6 is 0 Å². The molecule has 0 unspecified atom stereocenters. The maximum atomic E-state index is 12.9. The zero-order valence-electron chi connectivity index (χ0n) is 17.5. The van der Waals surface area contributed by atoms with E-state index in [-0.39, 0.29) is 23.8 Å². The van der Waals surface area contributed by atoms with Crippen LogP contribution in [0.2, 0.25) is 0 Å². The van der Waals surface area contributed by atoms with Gasteiger partial charge in [0, 0.05) is 36.7 Å². The first kappa shape index (κ1) is 20.1. The minimum absolute atomic E-state index is 0.0359. The number of imide groups is 1. The smallest absolute Gasteiger partial charge is 0.261 e. The molecular formula is C24H23N5O3. The Labute approximate surface area is 185 Å². The summed E-state index contributed by atoms with van der Waals surface area (Å²) in [7, 11) is 0. The summed E-state index contributed by atoms with van der Waals surface area (Å²) in [5.41, 5.74) is 1.91. The average molecular weight is 429 g/mol. The van der Waals surface area contributed by atoms with Crippen molar-refractivity contribution >= 4 is 17.7 Å². The van der Waals surface area contributed by atoms with Gasteiger partial charge in [-0.3, -0.25) is 23.9 Å². The van der Waals surface area contributed by atoms with Crippen molar-refractivity contribution in [3.63, 3.8) is 0 Å². The summed E-state index contributed by atoms with van der Waals surface area (Å²) >= 11 is 0. The van der Waals surface area contributed by atoms with Gasteiger partial charge in [0.25, 0.3) is 17.7 Å². The fourth-order valence-corrected chi connectivity index (χ4v) is 4.42. The Bertz CT molecular complexity index is 1160. The molecule has 0 spiro atoms. The van der Waals surface area contributed by atoms with Crippen molar-refractivity contribution in [3.8, 4) is 5.82 Å². The summed E-state index contributed by atoms with van der Waals surface area (Å²) in [4.78, 5) is 48.2. The molecule has 0 saturated heterocycles. The van der Waals surface area contributed by atoms with Crippen molar-refractivity contribution in [2.75, 3.05) is 0 Å². The van der Waals surface area contributed by atoms with Gasteiger partial charge in [0.2, 0.25) is 0 Å². The number of carbonyl (C=O) groups excluding carboxylic acids is 3. The normalized spacial score (nSPS) is 16.3. The number of fused-ring (bicyclic) bond motifs is 1. The highest BCUT2D eigenvalue weighted by Crippen LogP contribution is 2.31. The Morgan fingerprint density at radius 1 is 1.03 bits per heavy atom. The molecule has 162 valence electrons. The van der Waals surface area contributed by atoms with Crippen LogP contribution < -0.4 is 5.32 Å². The molecule has 3 amide bonds. The highest BCUT2D eigenvalue weighted by molar-refractivity contribution is 6.22. The highest BCUT2D eigenvalue weighted by atomic mass is 16.2. The molecule has 8 nitrogen and oxygen atoms in total. The molecule has 3 heterocycles. The second-order valence-corrected chi connectivity index (χ2v) is 8.21. The van der Waals surface area contributed by atoms with E-state index in [9.17, 15) is 14.4 Å². The molecule has 1 fully saturated rings. The summed E-state index contributed by atoms with van der Waals surface area (Å²) in [6.07, 6.45) is 11.8. The number of hydrogen-bond acceptors (Lipinski definition) is 5. The van der Waals surface area contributed by atoms with Gasteiger partial charge >= 0.3 is 0 Å². The van der Waals surface area contributed by atoms with Crippen molar-refractivity contribution in [1.82, 2.24) is 24.8 Å². The fraction of sp³-hybridized carbons (Fsp3) is 0.292. The molecule has 0 atom stereocenters. The SMILES string of the molecule is O=C(NCc1ccc(-n2ccnc2)nc1)c1ccc2c(c1)C(=O)N(C1CCCCC1)C2=O. The summed E-state index contributed by atoms with van der Waals surface area (Å²) in [6.45, 7) is 0.300. The first-order chi connectivity index (χ1) is 15.6. The van der Waals surface area contributed by atoms with Gasteiger partial charge in [-0.2, -0.15) is 0 Å². The van der Waals surface area contributed by atoms with E-state index < -0.39 is 0 Å². The Hall–Kier alpha value is -3.81.